The van der Waals surface area contributed by atoms with Crippen molar-refractivity contribution in [1.82, 2.24) is 25.4 Å². The third kappa shape index (κ3) is 4.81. The average molecular weight is 432 g/mol. The van der Waals surface area contributed by atoms with Crippen LogP contribution in [0.15, 0.2) is 11.3 Å². The van der Waals surface area contributed by atoms with Gasteiger partial charge in [-0.1, -0.05) is 13.3 Å². The Hall–Kier alpha value is -0.860. The van der Waals surface area contributed by atoms with Crippen molar-refractivity contribution in [3.05, 3.63) is 12.2 Å². The molecule has 2 heterocycles. The van der Waals surface area contributed by atoms with Crippen molar-refractivity contribution in [3.63, 3.8) is 0 Å². The molecule has 0 spiro atoms. The smallest absolute Gasteiger partial charge is 0.194 e. The van der Waals surface area contributed by atoms with Gasteiger partial charge in [-0.25, -0.2) is 4.98 Å². The molecule has 1 aliphatic carbocycles. The van der Waals surface area contributed by atoms with Crippen molar-refractivity contribution >= 4 is 29.9 Å². The maximum absolute atomic E-state index is 4.71. The second-order valence-corrected chi connectivity index (χ2v) is 6.47. The monoisotopic (exact) mass is 432 g/mol. The van der Waals surface area contributed by atoms with E-state index in [1.165, 1.54) is 19.3 Å². The summed E-state index contributed by atoms with van der Waals surface area (Å²) >= 11 is 0. The molecule has 23 heavy (non-hydrogen) atoms. The molecule has 0 bridgehead atoms. The predicted octanol–water partition coefficient (Wildman–Crippen LogP) is 2.76. The van der Waals surface area contributed by atoms with Crippen molar-refractivity contribution < 1.29 is 0 Å². The lowest BCUT2D eigenvalue weighted by molar-refractivity contribution is 0.298. The van der Waals surface area contributed by atoms with Gasteiger partial charge in [-0.05, 0) is 38.5 Å². The van der Waals surface area contributed by atoms with Crippen LogP contribution in [-0.2, 0) is 0 Å². The molecule has 1 saturated heterocycles. The molecule has 2 N–H and O–H groups in total. The van der Waals surface area contributed by atoms with E-state index in [0.717, 1.165) is 50.2 Å². The number of aromatic nitrogens is 3. The molecule has 0 aromatic carbocycles. The Morgan fingerprint density at radius 2 is 2.17 bits per heavy atom. The number of halogens is 1. The SMILES string of the molecule is CCCC1CC1NC(=NCC)N1CCC(c2ncn[nH]2)CC1.I. The molecule has 7 heteroatoms. The van der Waals surface area contributed by atoms with E-state index in [4.69, 9.17) is 4.99 Å². The van der Waals surface area contributed by atoms with Gasteiger partial charge in [0.15, 0.2) is 5.96 Å². The van der Waals surface area contributed by atoms with Gasteiger partial charge in [0.1, 0.15) is 12.2 Å². The molecule has 2 fully saturated rings. The molecular weight excluding hydrogens is 403 g/mol. The number of rotatable bonds is 5. The molecule has 1 aromatic rings. The number of nitrogens with one attached hydrogen (secondary N) is 2. The summed E-state index contributed by atoms with van der Waals surface area (Å²) in [5.41, 5.74) is 0. The first-order valence-corrected chi connectivity index (χ1v) is 8.73. The summed E-state index contributed by atoms with van der Waals surface area (Å²) in [5, 5.41) is 10.7. The third-order valence-electron chi connectivity index (χ3n) is 4.82. The van der Waals surface area contributed by atoms with Crippen molar-refractivity contribution in [2.75, 3.05) is 19.6 Å². The summed E-state index contributed by atoms with van der Waals surface area (Å²) in [5.74, 6) is 3.52. The zero-order valence-electron chi connectivity index (χ0n) is 14.2. The largest absolute Gasteiger partial charge is 0.353 e. The summed E-state index contributed by atoms with van der Waals surface area (Å²) in [6.07, 6.45) is 7.76. The zero-order valence-corrected chi connectivity index (χ0v) is 16.5. The van der Waals surface area contributed by atoms with E-state index in [1.54, 1.807) is 6.33 Å². The first-order chi connectivity index (χ1) is 10.8. The number of hydrogen-bond donors (Lipinski definition) is 2. The standard InChI is InChI=1S/C16H28N6.HI/c1-3-5-13-10-14(13)20-16(17-4-2)22-8-6-12(7-9-22)15-18-11-19-21-15;/h11-14H,3-10H2,1-2H3,(H,17,20)(H,18,19,21);1H. The van der Waals surface area contributed by atoms with Crippen LogP contribution >= 0.6 is 24.0 Å². The quantitative estimate of drug-likeness (QED) is 0.427. The summed E-state index contributed by atoms with van der Waals surface area (Å²) < 4.78 is 0. The number of aliphatic imine (C=N–C) groups is 1. The lowest BCUT2D eigenvalue weighted by Crippen LogP contribution is -2.46. The Labute approximate surface area is 155 Å². The molecule has 6 nitrogen and oxygen atoms in total. The van der Waals surface area contributed by atoms with E-state index in [1.807, 2.05) is 0 Å². The minimum Gasteiger partial charge on any atom is -0.353 e. The van der Waals surface area contributed by atoms with Crippen LogP contribution in [0.2, 0.25) is 0 Å². The van der Waals surface area contributed by atoms with Gasteiger partial charge in [0.05, 0.1) is 0 Å². The van der Waals surface area contributed by atoms with Crippen LogP contribution in [0, 0.1) is 5.92 Å². The molecule has 2 atom stereocenters. The Kier molecular flexibility index (Phi) is 7.10. The van der Waals surface area contributed by atoms with Crippen LogP contribution in [0.5, 0.6) is 0 Å². The number of likely N-dealkylation sites (tertiary alicyclic amines) is 1. The van der Waals surface area contributed by atoms with Gasteiger partial charge in [-0.3, -0.25) is 10.1 Å². The van der Waals surface area contributed by atoms with E-state index in [0.29, 0.717) is 12.0 Å². The highest BCUT2D eigenvalue weighted by atomic mass is 127. The molecule has 3 rings (SSSR count). The molecule has 2 unspecified atom stereocenters. The summed E-state index contributed by atoms with van der Waals surface area (Å²) in [4.78, 5) is 11.4. The molecule has 1 aliphatic heterocycles. The first-order valence-electron chi connectivity index (χ1n) is 8.73. The Morgan fingerprint density at radius 3 is 2.78 bits per heavy atom. The third-order valence-corrected chi connectivity index (χ3v) is 4.82. The number of H-pyrrole nitrogens is 1. The van der Waals surface area contributed by atoms with Crippen LogP contribution in [0.4, 0.5) is 0 Å². The molecule has 130 valence electrons. The van der Waals surface area contributed by atoms with Gasteiger partial charge in [-0.15, -0.1) is 24.0 Å². The van der Waals surface area contributed by atoms with Crippen LogP contribution in [0.1, 0.15) is 57.7 Å². The van der Waals surface area contributed by atoms with E-state index in [2.05, 4.69) is 39.2 Å². The zero-order chi connectivity index (χ0) is 15.4. The maximum Gasteiger partial charge on any atom is 0.194 e. The Bertz CT molecular complexity index is 481. The molecule has 1 saturated carbocycles. The number of nitrogens with zero attached hydrogens (tertiary/aromatic N) is 4. The average Bonchev–Trinajstić information content (AvgIpc) is 3.04. The van der Waals surface area contributed by atoms with E-state index in [9.17, 15) is 0 Å². The lowest BCUT2D eigenvalue weighted by atomic mass is 9.96. The summed E-state index contributed by atoms with van der Waals surface area (Å²) in [6.45, 7) is 7.31. The maximum atomic E-state index is 4.71. The normalized spacial score (nSPS) is 25.1. The predicted molar refractivity (Wildman–Crippen MR) is 103 cm³/mol. The molecule has 0 amide bonds. The van der Waals surface area contributed by atoms with E-state index in [-0.39, 0.29) is 24.0 Å². The highest BCUT2D eigenvalue weighted by Crippen LogP contribution is 2.35. The fourth-order valence-corrected chi connectivity index (χ4v) is 3.44. The highest BCUT2D eigenvalue weighted by molar-refractivity contribution is 14.0. The number of piperidine rings is 1. The number of guanidine groups is 1. The number of aromatic amines is 1. The second-order valence-electron chi connectivity index (χ2n) is 6.47. The summed E-state index contributed by atoms with van der Waals surface area (Å²) in [6, 6.07) is 0.650. The van der Waals surface area contributed by atoms with Crippen LogP contribution in [-0.4, -0.2) is 51.7 Å². The van der Waals surface area contributed by atoms with Crippen molar-refractivity contribution in [2.24, 2.45) is 10.9 Å². The molecule has 2 aliphatic rings. The van der Waals surface area contributed by atoms with Crippen LogP contribution < -0.4 is 5.32 Å². The number of hydrogen-bond acceptors (Lipinski definition) is 3. The van der Waals surface area contributed by atoms with Gasteiger partial charge in [-0.2, -0.15) is 5.10 Å². The Morgan fingerprint density at radius 1 is 1.39 bits per heavy atom. The minimum absolute atomic E-state index is 0. The van der Waals surface area contributed by atoms with Crippen molar-refractivity contribution in [2.45, 2.75) is 57.9 Å². The van der Waals surface area contributed by atoms with Crippen LogP contribution in [0.25, 0.3) is 0 Å². The van der Waals surface area contributed by atoms with Gasteiger partial charge >= 0.3 is 0 Å². The first kappa shape index (κ1) is 18.5. The van der Waals surface area contributed by atoms with E-state index < -0.39 is 0 Å². The van der Waals surface area contributed by atoms with Crippen molar-refractivity contribution in [3.8, 4) is 0 Å². The fraction of sp³-hybridized carbons (Fsp3) is 0.812. The Balaban J connectivity index is 0.00000192. The van der Waals surface area contributed by atoms with Gasteiger partial charge in [0.25, 0.3) is 0 Å². The summed E-state index contributed by atoms with van der Waals surface area (Å²) in [7, 11) is 0. The minimum atomic E-state index is 0. The van der Waals surface area contributed by atoms with Crippen molar-refractivity contribution in [1.29, 1.82) is 0 Å². The van der Waals surface area contributed by atoms with Gasteiger partial charge in [0.2, 0.25) is 0 Å². The van der Waals surface area contributed by atoms with Gasteiger partial charge in [0, 0.05) is 31.6 Å². The van der Waals surface area contributed by atoms with Gasteiger partial charge < -0.3 is 10.2 Å². The molecular formula is C16H29IN6. The topological polar surface area (TPSA) is 69.2 Å². The van der Waals surface area contributed by atoms with E-state index >= 15 is 0 Å². The molecule has 1 aromatic heterocycles. The second kappa shape index (κ2) is 8.84. The molecule has 0 radical (unpaired) electrons. The lowest BCUT2D eigenvalue weighted by Gasteiger charge is -2.33. The highest BCUT2D eigenvalue weighted by Gasteiger charge is 2.37. The van der Waals surface area contributed by atoms with Crippen LogP contribution in [0.3, 0.4) is 0 Å². The fourth-order valence-electron chi connectivity index (χ4n) is 3.44.